The van der Waals surface area contributed by atoms with E-state index in [4.69, 9.17) is 4.74 Å². The summed E-state index contributed by atoms with van der Waals surface area (Å²) < 4.78 is 5.00. The molecule has 0 saturated heterocycles. The van der Waals surface area contributed by atoms with Crippen molar-refractivity contribution in [3.63, 3.8) is 0 Å². The number of hydrogen-bond donors (Lipinski definition) is 1. The van der Waals surface area contributed by atoms with Gasteiger partial charge in [-0.2, -0.15) is 0 Å². The lowest BCUT2D eigenvalue weighted by Gasteiger charge is -2.07. The van der Waals surface area contributed by atoms with Gasteiger partial charge in [0.05, 0.1) is 21.8 Å². The van der Waals surface area contributed by atoms with Gasteiger partial charge < -0.3 is 10.1 Å². The van der Waals surface area contributed by atoms with Crippen LogP contribution in [0.15, 0.2) is 41.8 Å². The van der Waals surface area contributed by atoms with Gasteiger partial charge in [-0.05, 0) is 17.5 Å². The van der Waals surface area contributed by atoms with E-state index in [1.807, 2.05) is 0 Å². The molecule has 1 aromatic carbocycles. The van der Waals surface area contributed by atoms with Gasteiger partial charge in [-0.3, -0.25) is 24.5 Å². The SMILES string of the molecule is O=C(CCC(=O)c1cccs1)NCCC(=O)OCc1ccccc1[N+](=O)[O-]. The number of para-hydroxylation sites is 1. The summed E-state index contributed by atoms with van der Waals surface area (Å²) in [5, 5.41) is 15.2. The molecule has 2 aromatic rings. The Morgan fingerprint density at radius 2 is 1.85 bits per heavy atom. The second-order valence-corrected chi connectivity index (χ2v) is 6.49. The first-order chi connectivity index (χ1) is 13.0. The third kappa shape index (κ3) is 6.63. The molecular weight excluding hydrogens is 372 g/mol. The number of nitro benzene ring substituents is 1. The Kier molecular flexibility index (Phi) is 7.63. The smallest absolute Gasteiger partial charge is 0.307 e. The van der Waals surface area contributed by atoms with Crippen LogP contribution in [0.4, 0.5) is 5.69 Å². The van der Waals surface area contributed by atoms with E-state index < -0.39 is 10.9 Å². The molecule has 1 aromatic heterocycles. The van der Waals surface area contributed by atoms with Gasteiger partial charge in [0, 0.05) is 25.5 Å². The van der Waals surface area contributed by atoms with Crippen molar-refractivity contribution in [2.24, 2.45) is 0 Å². The Bertz CT molecular complexity index is 819. The number of hydrogen-bond acceptors (Lipinski definition) is 7. The first-order valence-corrected chi connectivity index (χ1v) is 9.06. The number of rotatable bonds is 10. The van der Waals surface area contributed by atoms with Crippen LogP contribution in [-0.4, -0.2) is 29.1 Å². The van der Waals surface area contributed by atoms with Gasteiger partial charge in [0.1, 0.15) is 6.61 Å². The molecule has 142 valence electrons. The molecule has 2 rings (SSSR count). The van der Waals surface area contributed by atoms with Crippen molar-refractivity contribution in [2.45, 2.75) is 25.9 Å². The number of nitro groups is 1. The number of ketones is 1. The molecule has 0 aliphatic heterocycles. The number of ether oxygens (including phenoxy) is 1. The first kappa shape index (κ1) is 20.2. The third-order valence-electron chi connectivity index (χ3n) is 3.60. The van der Waals surface area contributed by atoms with Gasteiger partial charge in [0.15, 0.2) is 5.78 Å². The van der Waals surface area contributed by atoms with Crippen molar-refractivity contribution < 1.29 is 24.0 Å². The minimum atomic E-state index is -0.580. The molecule has 1 N–H and O–H groups in total. The molecule has 0 aliphatic rings. The molecule has 1 heterocycles. The number of carbonyl (C=O) groups is 3. The number of esters is 1. The van der Waals surface area contributed by atoms with Gasteiger partial charge >= 0.3 is 5.97 Å². The Labute approximate surface area is 159 Å². The second-order valence-electron chi connectivity index (χ2n) is 5.55. The van der Waals surface area contributed by atoms with Crippen LogP contribution in [0.5, 0.6) is 0 Å². The molecule has 0 saturated carbocycles. The lowest BCUT2D eigenvalue weighted by atomic mass is 10.2. The number of Topliss-reactive ketones (excluding diaryl/α,β-unsaturated/α-hetero) is 1. The third-order valence-corrected chi connectivity index (χ3v) is 4.51. The van der Waals surface area contributed by atoms with Crippen LogP contribution in [-0.2, 0) is 20.9 Å². The van der Waals surface area contributed by atoms with Gasteiger partial charge in [-0.1, -0.05) is 18.2 Å². The summed E-state index contributed by atoms with van der Waals surface area (Å²) in [5.74, 6) is -1.00. The highest BCUT2D eigenvalue weighted by Crippen LogP contribution is 2.18. The largest absolute Gasteiger partial charge is 0.460 e. The zero-order valence-corrected chi connectivity index (χ0v) is 15.2. The molecule has 0 spiro atoms. The predicted molar refractivity (Wildman–Crippen MR) is 98.4 cm³/mol. The molecule has 1 amide bonds. The minimum absolute atomic E-state index is 0.0436. The maximum absolute atomic E-state index is 11.8. The van der Waals surface area contributed by atoms with E-state index >= 15 is 0 Å². The number of amides is 1. The maximum Gasteiger partial charge on any atom is 0.307 e. The molecule has 8 nitrogen and oxygen atoms in total. The van der Waals surface area contributed by atoms with E-state index in [2.05, 4.69) is 5.32 Å². The molecule has 0 aliphatic carbocycles. The summed E-state index contributed by atoms with van der Waals surface area (Å²) in [7, 11) is 0. The van der Waals surface area contributed by atoms with Gasteiger partial charge in [0.25, 0.3) is 5.69 Å². The Balaban J connectivity index is 1.65. The van der Waals surface area contributed by atoms with E-state index in [-0.39, 0.29) is 49.8 Å². The Morgan fingerprint density at radius 3 is 2.56 bits per heavy atom. The fourth-order valence-corrected chi connectivity index (χ4v) is 2.92. The quantitative estimate of drug-likeness (QED) is 0.289. The summed E-state index contributed by atoms with van der Waals surface area (Å²) in [6.45, 7) is -0.138. The average Bonchev–Trinajstić information content (AvgIpc) is 3.19. The zero-order chi connectivity index (χ0) is 19.6. The van der Waals surface area contributed by atoms with Crippen LogP contribution in [0.1, 0.15) is 34.5 Å². The topological polar surface area (TPSA) is 116 Å². The van der Waals surface area contributed by atoms with E-state index in [9.17, 15) is 24.5 Å². The van der Waals surface area contributed by atoms with Crippen LogP contribution in [0, 0.1) is 10.1 Å². The van der Waals surface area contributed by atoms with E-state index in [1.54, 1.807) is 23.6 Å². The van der Waals surface area contributed by atoms with Crippen molar-refractivity contribution in [2.75, 3.05) is 6.54 Å². The maximum atomic E-state index is 11.8. The molecule has 0 radical (unpaired) electrons. The summed E-state index contributed by atoms with van der Waals surface area (Å²) >= 11 is 1.33. The van der Waals surface area contributed by atoms with Gasteiger partial charge in [-0.25, -0.2) is 0 Å². The van der Waals surface area contributed by atoms with Crippen molar-refractivity contribution in [3.8, 4) is 0 Å². The summed E-state index contributed by atoms with van der Waals surface area (Å²) in [5.41, 5.74) is 0.181. The summed E-state index contributed by atoms with van der Waals surface area (Å²) in [6.07, 6.45) is 0.0850. The molecular formula is C18H18N2O6S. The Hall–Kier alpha value is -3.07. The standard InChI is InChI=1S/C18H18N2O6S/c21-15(16-6-3-11-27-16)7-8-17(22)19-10-9-18(23)26-12-13-4-1-2-5-14(13)20(24)25/h1-6,11H,7-10,12H2,(H,19,22). The van der Waals surface area contributed by atoms with Crippen LogP contribution < -0.4 is 5.32 Å². The lowest BCUT2D eigenvalue weighted by molar-refractivity contribution is -0.385. The van der Waals surface area contributed by atoms with E-state index in [1.165, 1.54) is 29.5 Å². The number of nitrogens with one attached hydrogen (secondary N) is 1. The zero-order valence-electron chi connectivity index (χ0n) is 14.4. The van der Waals surface area contributed by atoms with Crippen molar-refractivity contribution >= 4 is 34.7 Å². The van der Waals surface area contributed by atoms with Crippen molar-refractivity contribution in [1.82, 2.24) is 5.32 Å². The second kappa shape index (κ2) is 10.2. The van der Waals surface area contributed by atoms with E-state index in [0.717, 1.165) is 0 Å². The molecule has 0 bridgehead atoms. The van der Waals surface area contributed by atoms with Crippen LogP contribution in [0.25, 0.3) is 0 Å². The highest BCUT2D eigenvalue weighted by Gasteiger charge is 2.14. The van der Waals surface area contributed by atoms with Crippen molar-refractivity contribution in [3.05, 3.63) is 62.3 Å². The number of carbonyl (C=O) groups excluding carboxylic acids is 3. The molecule has 0 unspecified atom stereocenters. The number of benzene rings is 1. The monoisotopic (exact) mass is 390 g/mol. The fourth-order valence-electron chi connectivity index (χ4n) is 2.22. The van der Waals surface area contributed by atoms with Crippen LogP contribution in [0.2, 0.25) is 0 Å². The Morgan fingerprint density at radius 1 is 1.07 bits per heavy atom. The highest BCUT2D eigenvalue weighted by molar-refractivity contribution is 7.12. The molecule has 0 atom stereocenters. The average molecular weight is 390 g/mol. The van der Waals surface area contributed by atoms with Crippen LogP contribution in [0.3, 0.4) is 0 Å². The fraction of sp³-hybridized carbons (Fsp3) is 0.278. The first-order valence-electron chi connectivity index (χ1n) is 8.18. The van der Waals surface area contributed by atoms with E-state index in [0.29, 0.717) is 10.4 Å². The van der Waals surface area contributed by atoms with Gasteiger partial charge in [0.2, 0.25) is 5.91 Å². The predicted octanol–water partition coefficient (Wildman–Crippen LogP) is 2.87. The van der Waals surface area contributed by atoms with Crippen LogP contribution >= 0.6 is 11.3 Å². The van der Waals surface area contributed by atoms with Crippen molar-refractivity contribution in [1.29, 1.82) is 0 Å². The number of thiophene rings is 1. The minimum Gasteiger partial charge on any atom is -0.460 e. The molecule has 9 heteroatoms. The normalized spacial score (nSPS) is 10.2. The highest BCUT2D eigenvalue weighted by atomic mass is 32.1. The molecule has 27 heavy (non-hydrogen) atoms. The lowest BCUT2D eigenvalue weighted by Crippen LogP contribution is -2.26. The summed E-state index contributed by atoms with van der Waals surface area (Å²) in [4.78, 5) is 46.2. The summed E-state index contributed by atoms with van der Waals surface area (Å²) in [6, 6.07) is 9.47. The van der Waals surface area contributed by atoms with Gasteiger partial charge in [-0.15, -0.1) is 11.3 Å². The number of nitrogens with zero attached hydrogens (tertiary/aromatic N) is 1. The molecule has 0 fully saturated rings.